The molecule has 1 aliphatic heterocycles. The van der Waals surface area contributed by atoms with E-state index in [2.05, 4.69) is 20.2 Å². The van der Waals surface area contributed by atoms with Gasteiger partial charge in [0.05, 0.1) is 18.2 Å². The van der Waals surface area contributed by atoms with Gasteiger partial charge in [-0.25, -0.2) is 4.98 Å². The number of aromatic amines is 1. The Morgan fingerprint density at radius 2 is 2.00 bits per heavy atom. The van der Waals surface area contributed by atoms with Gasteiger partial charge in [0.2, 0.25) is 5.91 Å². The van der Waals surface area contributed by atoms with Crippen molar-refractivity contribution in [1.29, 1.82) is 0 Å². The van der Waals surface area contributed by atoms with Crippen molar-refractivity contribution in [2.75, 3.05) is 6.54 Å². The van der Waals surface area contributed by atoms with E-state index in [4.69, 9.17) is 0 Å². The number of nitrogens with zero attached hydrogens (tertiary/aromatic N) is 4. The van der Waals surface area contributed by atoms with Gasteiger partial charge in [-0.2, -0.15) is 5.10 Å². The number of rotatable bonds is 4. The van der Waals surface area contributed by atoms with Crippen molar-refractivity contribution in [3.63, 3.8) is 0 Å². The van der Waals surface area contributed by atoms with Crippen molar-refractivity contribution in [2.24, 2.45) is 0 Å². The maximum absolute atomic E-state index is 12.8. The Labute approximate surface area is 145 Å². The second-order valence-corrected chi connectivity index (χ2v) is 6.15. The number of carbonyl (C=O) groups is 1. The van der Waals surface area contributed by atoms with Gasteiger partial charge in [0.25, 0.3) is 0 Å². The van der Waals surface area contributed by atoms with Crippen LogP contribution in [0.4, 0.5) is 0 Å². The molecule has 6 nitrogen and oxygen atoms in total. The van der Waals surface area contributed by atoms with Gasteiger partial charge in [-0.15, -0.1) is 0 Å². The summed E-state index contributed by atoms with van der Waals surface area (Å²) < 4.78 is 0. The molecule has 0 spiro atoms. The molecule has 1 amide bonds. The molecule has 1 N–H and O–H groups in total. The molecule has 0 radical (unpaired) electrons. The van der Waals surface area contributed by atoms with Crippen LogP contribution in [-0.2, 0) is 11.2 Å². The number of amides is 1. The molecule has 126 valence electrons. The standard InChI is InChI=1S/C19H19N5O/c25-18(24-12-6-10-16(24)15-9-4-5-11-20-15)13-17-21-19(23-22-17)14-7-2-1-3-8-14/h1-5,7-9,11,16H,6,10,12-13H2,(H,21,22,23). The smallest absolute Gasteiger partial charge is 0.230 e. The Balaban J connectivity index is 1.48. The van der Waals surface area contributed by atoms with Gasteiger partial charge < -0.3 is 4.90 Å². The molecule has 4 rings (SSSR count). The lowest BCUT2D eigenvalue weighted by molar-refractivity contribution is -0.131. The van der Waals surface area contributed by atoms with Crippen LogP contribution in [0.1, 0.15) is 30.4 Å². The topological polar surface area (TPSA) is 74.8 Å². The third-order valence-corrected chi connectivity index (χ3v) is 4.48. The third-order valence-electron chi connectivity index (χ3n) is 4.48. The zero-order valence-corrected chi connectivity index (χ0v) is 13.8. The highest BCUT2D eigenvalue weighted by atomic mass is 16.2. The largest absolute Gasteiger partial charge is 0.334 e. The van der Waals surface area contributed by atoms with Crippen LogP contribution in [0, 0.1) is 0 Å². The SMILES string of the molecule is O=C(Cc1nc(-c2ccccc2)n[nH]1)N1CCCC1c1ccccn1. The summed E-state index contributed by atoms with van der Waals surface area (Å²) in [5.74, 6) is 1.27. The molecule has 1 unspecified atom stereocenters. The summed E-state index contributed by atoms with van der Waals surface area (Å²) in [5, 5.41) is 7.11. The van der Waals surface area contributed by atoms with Crippen LogP contribution in [0.15, 0.2) is 54.7 Å². The average molecular weight is 333 g/mol. The monoisotopic (exact) mass is 333 g/mol. The van der Waals surface area contributed by atoms with E-state index in [9.17, 15) is 4.79 Å². The Hall–Kier alpha value is -3.02. The number of aromatic nitrogens is 4. The summed E-state index contributed by atoms with van der Waals surface area (Å²) in [7, 11) is 0. The molecule has 0 bridgehead atoms. The van der Waals surface area contributed by atoms with Gasteiger partial charge in [0, 0.05) is 18.3 Å². The van der Waals surface area contributed by atoms with Crippen LogP contribution in [0.2, 0.25) is 0 Å². The van der Waals surface area contributed by atoms with Crippen LogP contribution in [-0.4, -0.2) is 37.5 Å². The van der Waals surface area contributed by atoms with Gasteiger partial charge in [-0.3, -0.25) is 14.9 Å². The van der Waals surface area contributed by atoms with E-state index in [-0.39, 0.29) is 18.4 Å². The molecule has 1 aromatic carbocycles. The van der Waals surface area contributed by atoms with E-state index < -0.39 is 0 Å². The van der Waals surface area contributed by atoms with E-state index in [0.29, 0.717) is 11.6 Å². The number of H-pyrrole nitrogens is 1. The summed E-state index contributed by atoms with van der Waals surface area (Å²) in [6.07, 6.45) is 3.95. The van der Waals surface area contributed by atoms with E-state index in [1.165, 1.54) is 0 Å². The lowest BCUT2D eigenvalue weighted by atomic mass is 10.1. The molecule has 6 heteroatoms. The first-order chi connectivity index (χ1) is 12.3. The minimum Gasteiger partial charge on any atom is -0.334 e. The van der Waals surface area contributed by atoms with Gasteiger partial charge in [0.1, 0.15) is 5.82 Å². The molecule has 2 aromatic heterocycles. The van der Waals surface area contributed by atoms with E-state index in [1.807, 2.05) is 53.4 Å². The lowest BCUT2D eigenvalue weighted by Gasteiger charge is -2.23. The highest BCUT2D eigenvalue weighted by Crippen LogP contribution is 2.31. The Bertz CT molecular complexity index is 847. The maximum Gasteiger partial charge on any atom is 0.230 e. The Morgan fingerprint density at radius 1 is 1.16 bits per heavy atom. The normalized spacial score (nSPS) is 17.0. The molecule has 0 saturated carbocycles. The zero-order valence-electron chi connectivity index (χ0n) is 13.8. The van der Waals surface area contributed by atoms with Crippen LogP contribution >= 0.6 is 0 Å². The first kappa shape index (κ1) is 15.5. The van der Waals surface area contributed by atoms with Crippen molar-refractivity contribution in [3.8, 4) is 11.4 Å². The molecule has 25 heavy (non-hydrogen) atoms. The summed E-state index contributed by atoms with van der Waals surface area (Å²) in [5.41, 5.74) is 1.89. The van der Waals surface area contributed by atoms with Gasteiger partial charge in [-0.05, 0) is 25.0 Å². The summed E-state index contributed by atoms with van der Waals surface area (Å²) in [6.45, 7) is 0.764. The minimum absolute atomic E-state index is 0.0592. The van der Waals surface area contributed by atoms with Gasteiger partial charge in [-0.1, -0.05) is 36.4 Å². The number of benzene rings is 1. The second-order valence-electron chi connectivity index (χ2n) is 6.15. The van der Waals surface area contributed by atoms with E-state index in [1.54, 1.807) is 6.20 Å². The predicted molar refractivity (Wildman–Crippen MR) is 93.4 cm³/mol. The molecule has 1 atom stereocenters. The van der Waals surface area contributed by atoms with Crippen molar-refractivity contribution in [1.82, 2.24) is 25.1 Å². The highest BCUT2D eigenvalue weighted by Gasteiger charge is 2.31. The predicted octanol–water partition coefficient (Wildman–Crippen LogP) is 2.77. The summed E-state index contributed by atoms with van der Waals surface area (Å²) in [4.78, 5) is 23.5. The molecule has 1 aliphatic rings. The average Bonchev–Trinajstić information content (AvgIpc) is 3.33. The fraction of sp³-hybridized carbons (Fsp3) is 0.263. The van der Waals surface area contributed by atoms with E-state index >= 15 is 0 Å². The summed E-state index contributed by atoms with van der Waals surface area (Å²) in [6, 6.07) is 15.6. The van der Waals surface area contributed by atoms with Crippen molar-refractivity contribution < 1.29 is 4.79 Å². The first-order valence-electron chi connectivity index (χ1n) is 8.48. The number of pyridine rings is 1. The minimum atomic E-state index is 0.0592. The second kappa shape index (κ2) is 6.84. The fourth-order valence-corrected chi connectivity index (χ4v) is 3.28. The first-order valence-corrected chi connectivity index (χ1v) is 8.48. The molecule has 1 fully saturated rings. The Kier molecular flexibility index (Phi) is 4.24. The fourth-order valence-electron chi connectivity index (χ4n) is 3.28. The Morgan fingerprint density at radius 3 is 2.80 bits per heavy atom. The quantitative estimate of drug-likeness (QED) is 0.796. The van der Waals surface area contributed by atoms with Gasteiger partial charge in [0.15, 0.2) is 5.82 Å². The molecule has 3 aromatic rings. The number of carbonyl (C=O) groups excluding carboxylic acids is 1. The van der Waals surface area contributed by atoms with Gasteiger partial charge >= 0.3 is 0 Å². The van der Waals surface area contributed by atoms with Crippen molar-refractivity contribution >= 4 is 5.91 Å². The number of likely N-dealkylation sites (tertiary alicyclic amines) is 1. The number of nitrogens with one attached hydrogen (secondary N) is 1. The third kappa shape index (κ3) is 3.28. The highest BCUT2D eigenvalue weighted by molar-refractivity contribution is 5.78. The maximum atomic E-state index is 12.8. The van der Waals surface area contributed by atoms with Crippen LogP contribution in [0.5, 0.6) is 0 Å². The van der Waals surface area contributed by atoms with Crippen molar-refractivity contribution in [3.05, 3.63) is 66.2 Å². The van der Waals surface area contributed by atoms with Crippen LogP contribution in [0.3, 0.4) is 0 Å². The summed E-state index contributed by atoms with van der Waals surface area (Å²) >= 11 is 0. The molecule has 0 aliphatic carbocycles. The lowest BCUT2D eigenvalue weighted by Crippen LogP contribution is -2.32. The van der Waals surface area contributed by atoms with Crippen LogP contribution < -0.4 is 0 Å². The molecule has 3 heterocycles. The van der Waals surface area contributed by atoms with E-state index in [0.717, 1.165) is 30.6 Å². The zero-order chi connectivity index (χ0) is 17.1. The number of hydrogen-bond donors (Lipinski definition) is 1. The van der Waals surface area contributed by atoms with Crippen molar-refractivity contribution in [2.45, 2.75) is 25.3 Å². The van der Waals surface area contributed by atoms with Crippen LogP contribution in [0.25, 0.3) is 11.4 Å². The molecular formula is C19H19N5O. The molecular weight excluding hydrogens is 314 g/mol. The number of hydrogen-bond acceptors (Lipinski definition) is 4. The molecule has 1 saturated heterocycles.